The maximum absolute atomic E-state index is 12.9. The van der Waals surface area contributed by atoms with Crippen LogP contribution in [0.4, 0.5) is 0 Å². The van der Waals surface area contributed by atoms with Gasteiger partial charge in [0.05, 0.1) is 0 Å². The quantitative estimate of drug-likeness (QED) is 0.548. The molecule has 1 saturated heterocycles. The molecule has 0 N–H and O–H groups in total. The SMILES string of the molecule is CC(C)(C)OC(=O)C1(N2CCCCC2)C=CC(CCBr)=CC1. The Morgan fingerprint density at radius 2 is 2.00 bits per heavy atom. The number of carbonyl (C=O) groups is 1. The van der Waals surface area contributed by atoms with Crippen LogP contribution in [-0.4, -0.2) is 40.4 Å². The first kappa shape index (κ1) is 17.7. The molecule has 124 valence electrons. The highest BCUT2D eigenvalue weighted by Crippen LogP contribution is 2.33. The first-order valence-electron chi connectivity index (χ1n) is 8.30. The highest BCUT2D eigenvalue weighted by molar-refractivity contribution is 9.09. The number of nitrogens with zero attached hydrogens (tertiary/aromatic N) is 1. The molecule has 2 rings (SSSR count). The largest absolute Gasteiger partial charge is 0.458 e. The second kappa shape index (κ2) is 7.31. The van der Waals surface area contributed by atoms with Gasteiger partial charge in [-0.2, -0.15) is 0 Å². The Bertz CT molecular complexity index is 458. The average Bonchev–Trinajstić information content (AvgIpc) is 2.47. The molecule has 1 aliphatic heterocycles. The molecule has 0 saturated carbocycles. The monoisotopic (exact) mass is 369 g/mol. The van der Waals surface area contributed by atoms with Crippen molar-refractivity contribution in [3.8, 4) is 0 Å². The lowest BCUT2D eigenvalue weighted by molar-refractivity contribution is -0.167. The minimum atomic E-state index is -0.608. The summed E-state index contributed by atoms with van der Waals surface area (Å²) in [6, 6.07) is 0. The van der Waals surface area contributed by atoms with Gasteiger partial charge in [-0.05, 0) is 59.5 Å². The number of likely N-dealkylation sites (tertiary alicyclic amines) is 1. The summed E-state index contributed by atoms with van der Waals surface area (Å²) in [6.07, 6.45) is 11.7. The number of hydrogen-bond acceptors (Lipinski definition) is 3. The Morgan fingerprint density at radius 3 is 2.50 bits per heavy atom. The van der Waals surface area contributed by atoms with E-state index in [-0.39, 0.29) is 5.97 Å². The molecule has 1 fully saturated rings. The van der Waals surface area contributed by atoms with Crippen LogP contribution in [0.5, 0.6) is 0 Å². The summed E-state index contributed by atoms with van der Waals surface area (Å²) in [5.41, 5.74) is 0.241. The fourth-order valence-corrected chi connectivity index (χ4v) is 3.59. The normalized spacial score (nSPS) is 26.6. The molecule has 3 nitrogen and oxygen atoms in total. The molecular weight excluding hydrogens is 342 g/mol. The van der Waals surface area contributed by atoms with Crippen molar-refractivity contribution < 1.29 is 9.53 Å². The molecule has 0 spiro atoms. The smallest absolute Gasteiger partial charge is 0.331 e. The minimum Gasteiger partial charge on any atom is -0.458 e. The van der Waals surface area contributed by atoms with E-state index in [9.17, 15) is 4.79 Å². The molecule has 0 aromatic carbocycles. The Labute approximate surface area is 142 Å². The molecule has 2 aliphatic rings. The minimum absolute atomic E-state index is 0.104. The van der Waals surface area contributed by atoms with Crippen LogP contribution in [0.2, 0.25) is 0 Å². The van der Waals surface area contributed by atoms with Crippen LogP contribution in [0.25, 0.3) is 0 Å². The van der Waals surface area contributed by atoms with Crippen LogP contribution >= 0.6 is 15.9 Å². The molecule has 0 aromatic rings. The van der Waals surface area contributed by atoms with Gasteiger partial charge >= 0.3 is 5.97 Å². The van der Waals surface area contributed by atoms with Gasteiger partial charge < -0.3 is 4.74 Å². The van der Waals surface area contributed by atoms with Gasteiger partial charge in [-0.25, -0.2) is 4.79 Å². The molecular formula is C18H28BrNO2. The van der Waals surface area contributed by atoms with Crippen molar-refractivity contribution in [2.75, 3.05) is 18.4 Å². The summed E-state index contributed by atoms with van der Waals surface area (Å²) in [6.45, 7) is 7.77. The van der Waals surface area contributed by atoms with E-state index in [0.717, 1.165) is 44.1 Å². The highest BCUT2D eigenvalue weighted by Gasteiger charge is 2.45. The number of piperidine rings is 1. The van der Waals surface area contributed by atoms with Gasteiger partial charge in [0.1, 0.15) is 11.1 Å². The number of carbonyl (C=O) groups excluding carboxylic acids is 1. The number of esters is 1. The predicted molar refractivity (Wildman–Crippen MR) is 94.3 cm³/mol. The predicted octanol–water partition coefficient (Wildman–Crippen LogP) is 4.22. The van der Waals surface area contributed by atoms with E-state index in [0.29, 0.717) is 0 Å². The molecule has 1 atom stereocenters. The van der Waals surface area contributed by atoms with Crippen LogP contribution in [0.15, 0.2) is 23.8 Å². The van der Waals surface area contributed by atoms with Gasteiger partial charge in [0.2, 0.25) is 0 Å². The first-order valence-corrected chi connectivity index (χ1v) is 9.42. The van der Waals surface area contributed by atoms with Crippen molar-refractivity contribution in [2.45, 2.75) is 64.0 Å². The molecule has 0 amide bonds. The highest BCUT2D eigenvalue weighted by atomic mass is 79.9. The lowest BCUT2D eigenvalue weighted by atomic mass is 9.84. The molecule has 0 radical (unpaired) electrons. The zero-order chi connectivity index (χ0) is 16.2. The van der Waals surface area contributed by atoms with Crippen molar-refractivity contribution in [1.29, 1.82) is 0 Å². The summed E-state index contributed by atoms with van der Waals surface area (Å²) >= 11 is 3.48. The summed E-state index contributed by atoms with van der Waals surface area (Å²) in [4.78, 5) is 15.3. The lowest BCUT2D eigenvalue weighted by Crippen LogP contribution is -2.57. The van der Waals surface area contributed by atoms with Crippen molar-refractivity contribution in [1.82, 2.24) is 4.90 Å². The number of alkyl halides is 1. The van der Waals surface area contributed by atoms with Gasteiger partial charge in [-0.3, -0.25) is 4.90 Å². The molecule has 22 heavy (non-hydrogen) atoms. The number of ether oxygens (including phenoxy) is 1. The summed E-state index contributed by atoms with van der Waals surface area (Å²) in [5, 5.41) is 0.951. The second-order valence-corrected chi connectivity index (χ2v) is 8.02. The third-order valence-corrected chi connectivity index (χ3v) is 4.70. The van der Waals surface area contributed by atoms with E-state index in [4.69, 9.17) is 4.74 Å². The number of hydrogen-bond donors (Lipinski definition) is 0. The fraction of sp³-hybridized carbons (Fsp3) is 0.722. The maximum Gasteiger partial charge on any atom is 0.331 e. The molecule has 4 heteroatoms. The zero-order valence-corrected chi connectivity index (χ0v) is 15.6. The summed E-state index contributed by atoms with van der Waals surface area (Å²) in [5.74, 6) is -0.104. The number of allylic oxidation sites excluding steroid dienone is 2. The maximum atomic E-state index is 12.9. The Morgan fingerprint density at radius 1 is 1.32 bits per heavy atom. The van der Waals surface area contributed by atoms with Crippen molar-refractivity contribution in [3.63, 3.8) is 0 Å². The van der Waals surface area contributed by atoms with Crippen molar-refractivity contribution in [3.05, 3.63) is 23.8 Å². The van der Waals surface area contributed by atoms with Crippen LogP contribution in [0.1, 0.15) is 52.9 Å². The van der Waals surface area contributed by atoms with Gasteiger partial charge in [0, 0.05) is 5.33 Å². The standard InChI is InChI=1S/C18H28BrNO2/c1-17(2,3)22-16(21)18(20-13-5-4-6-14-20)10-7-15(8-11-18)9-12-19/h7-8,10H,4-6,9,11-14H2,1-3H3. The summed E-state index contributed by atoms with van der Waals surface area (Å²) < 4.78 is 5.76. The molecule has 1 aliphatic carbocycles. The number of rotatable bonds is 4. The van der Waals surface area contributed by atoms with E-state index in [1.54, 1.807) is 0 Å². The topological polar surface area (TPSA) is 29.5 Å². The number of halogens is 1. The third-order valence-electron chi connectivity index (χ3n) is 4.30. The van der Waals surface area contributed by atoms with E-state index < -0.39 is 11.1 Å². The average molecular weight is 370 g/mol. The Kier molecular flexibility index (Phi) is 5.89. The van der Waals surface area contributed by atoms with E-state index in [1.165, 1.54) is 12.0 Å². The Balaban J connectivity index is 2.22. The van der Waals surface area contributed by atoms with E-state index in [1.807, 2.05) is 20.8 Å². The Hall–Kier alpha value is -0.610. The van der Waals surface area contributed by atoms with Gasteiger partial charge in [0.15, 0.2) is 0 Å². The van der Waals surface area contributed by atoms with Crippen LogP contribution < -0.4 is 0 Å². The van der Waals surface area contributed by atoms with Gasteiger partial charge in [0.25, 0.3) is 0 Å². The summed E-state index contributed by atoms with van der Waals surface area (Å²) in [7, 11) is 0. The van der Waals surface area contributed by atoms with Gasteiger partial charge in [-0.1, -0.05) is 46.2 Å². The molecule has 0 bridgehead atoms. The van der Waals surface area contributed by atoms with Crippen molar-refractivity contribution in [2.24, 2.45) is 0 Å². The molecule has 1 unspecified atom stereocenters. The van der Waals surface area contributed by atoms with Gasteiger partial charge in [-0.15, -0.1) is 0 Å². The van der Waals surface area contributed by atoms with Crippen LogP contribution in [0, 0.1) is 0 Å². The lowest BCUT2D eigenvalue weighted by Gasteiger charge is -2.43. The molecule has 1 heterocycles. The fourth-order valence-electron chi connectivity index (χ4n) is 3.14. The first-order chi connectivity index (χ1) is 10.4. The zero-order valence-electron chi connectivity index (χ0n) is 14.0. The van der Waals surface area contributed by atoms with Crippen LogP contribution in [-0.2, 0) is 9.53 Å². The molecule has 0 aromatic heterocycles. The van der Waals surface area contributed by atoms with Crippen LogP contribution in [0.3, 0.4) is 0 Å². The second-order valence-electron chi connectivity index (χ2n) is 7.23. The van der Waals surface area contributed by atoms with E-state index >= 15 is 0 Å². The van der Waals surface area contributed by atoms with Crippen molar-refractivity contribution >= 4 is 21.9 Å². The third kappa shape index (κ3) is 4.23. The van der Waals surface area contributed by atoms with E-state index in [2.05, 4.69) is 39.1 Å².